The van der Waals surface area contributed by atoms with E-state index in [-0.39, 0.29) is 0 Å². The normalized spacial score (nSPS) is 17.3. The summed E-state index contributed by atoms with van der Waals surface area (Å²) in [6.45, 7) is 4.13. The van der Waals surface area contributed by atoms with Crippen LogP contribution in [0.2, 0.25) is 0 Å². The van der Waals surface area contributed by atoms with Gasteiger partial charge in [0, 0.05) is 43.8 Å². The maximum Gasteiger partial charge on any atom is 0.223 e. The standard InChI is InChI=1S/C21H23N5/c1-2-5-17(6-3-1)19-9-13-26(16-19)14-12-24-21-23-11-8-20(25-21)18-7-4-10-22-15-18/h1-8,10-11,15,19H,9,12-14,16H2,(H,23,24,25)/t19-/m1/s1. The van der Waals surface area contributed by atoms with Crippen LogP contribution in [0.1, 0.15) is 17.9 Å². The minimum absolute atomic E-state index is 0.654. The number of rotatable bonds is 6. The molecule has 0 radical (unpaired) electrons. The van der Waals surface area contributed by atoms with Gasteiger partial charge in [0.25, 0.3) is 0 Å². The first-order valence-electron chi connectivity index (χ1n) is 9.13. The Bertz CT molecular complexity index is 822. The highest BCUT2D eigenvalue weighted by atomic mass is 15.2. The number of nitrogens with zero attached hydrogens (tertiary/aromatic N) is 4. The third-order valence-electron chi connectivity index (χ3n) is 4.87. The maximum absolute atomic E-state index is 4.59. The van der Waals surface area contributed by atoms with Gasteiger partial charge in [-0.3, -0.25) is 4.98 Å². The molecule has 1 atom stereocenters. The predicted octanol–water partition coefficient (Wildman–Crippen LogP) is 3.44. The van der Waals surface area contributed by atoms with Crippen LogP contribution in [-0.2, 0) is 0 Å². The quantitative estimate of drug-likeness (QED) is 0.742. The van der Waals surface area contributed by atoms with Crippen LogP contribution in [0.3, 0.4) is 0 Å². The van der Waals surface area contributed by atoms with Gasteiger partial charge < -0.3 is 10.2 Å². The van der Waals surface area contributed by atoms with E-state index in [4.69, 9.17) is 0 Å². The highest BCUT2D eigenvalue weighted by molar-refractivity contribution is 5.58. The van der Waals surface area contributed by atoms with Crippen LogP contribution in [-0.4, -0.2) is 46.0 Å². The molecule has 1 aliphatic heterocycles. The number of pyridine rings is 1. The Labute approximate surface area is 154 Å². The van der Waals surface area contributed by atoms with Crippen LogP contribution in [0.15, 0.2) is 67.1 Å². The smallest absolute Gasteiger partial charge is 0.223 e. The van der Waals surface area contributed by atoms with Crippen molar-refractivity contribution in [2.75, 3.05) is 31.5 Å². The molecule has 0 unspecified atom stereocenters. The van der Waals surface area contributed by atoms with Crippen molar-refractivity contribution >= 4 is 5.95 Å². The van der Waals surface area contributed by atoms with Gasteiger partial charge >= 0.3 is 0 Å². The lowest BCUT2D eigenvalue weighted by Crippen LogP contribution is -2.27. The molecular weight excluding hydrogens is 322 g/mol. The molecule has 5 heteroatoms. The Kier molecular flexibility index (Phi) is 5.17. The van der Waals surface area contributed by atoms with E-state index in [9.17, 15) is 0 Å². The van der Waals surface area contributed by atoms with Crippen molar-refractivity contribution in [1.82, 2.24) is 19.9 Å². The zero-order valence-electron chi connectivity index (χ0n) is 14.8. The Morgan fingerprint density at radius 3 is 2.81 bits per heavy atom. The van der Waals surface area contributed by atoms with Crippen LogP contribution < -0.4 is 5.32 Å². The van der Waals surface area contributed by atoms with Crippen LogP contribution >= 0.6 is 0 Å². The van der Waals surface area contributed by atoms with E-state index >= 15 is 0 Å². The first kappa shape index (κ1) is 16.7. The number of benzene rings is 1. The van der Waals surface area contributed by atoms with E-state index in [1.807, 2.05) is 24.4 Å². The van der Waals surface area contributed by atoms with Gasteiger partial charge in [0.2, 0.25) is 5.95 Å². The monoisotopic (exact) mass is 345 g/mol. The second-order valence-corrected chi connectivity index (χ2v) is 6.63. The minimum atomic E-state index is 0.654. The molecule has 1 fully saturated rings. The van der Waals surface area contributed by atoms with Crippen LogP contribution in [0.5, 0.6) is 0 Å². The van der Waals surface area contributed by atoms with Gasteiger partial charge in [-0.1, -0.05) is 30.3 Å². The molecule has 5 nitrogen and oxygen atoms in total. The lowest BCUT2D eigenvalue weighted by molar-refractivity contribution is 0.347. The first-order chi connectivity index (χ1) is 12.9. The average Bonchev–Trinajstić information content (AvgIpc) is 3.19. The van der Waals surface area contributed by atoms with Gasteiger partial charge in [-0.05, 0) is 42.6 Å². The van der Waals surface area contributed by atoms with Crippen molar-refractivity contribution in [2.24, 2.45) is 0 Å². The van der Waals surface area contributed by atoms with E-state index in [2.05, 4.69) is 55.5 Å². The molecular formula is C21H23N5. The Balaban J connectivity index is 1.29. The summed E-state index contributed by atoms with van der Waals surface area (Å²) in [6, 6.07) is 16.7. The van der Waals surface area contributed by atoms with Crippen LogP contribution in [0.4, 0.5) is 5.95 Å². The minimum Gasteiger partial charge on any atom is -0.353 e. The zero-order valence-corrected chi connectivity index (χ0v) is 14.8. The summed E-state index contributed by atoms with van der Waals surface area (Å²) in [7, 11) is 0. The van der Waals surface area contributed by atoms with Crippen LogP contribution in [0.25, 0.3) is 11.3 Å². The number of likely N-dealkylation sites (tertiary alicyclic amines) is 1. The van der Waals surface area contributed by atoms with E-state index in [0.717, 1.165) is 37.4 Å². The molecule has 3 aromatic rings. The molecule has 132 valence electrons. The van der Waals surface area contributed by atoms with Gasteiger partial charge in [0.05, 0.1) is 5.69 Å². The summed E-state index contributed by atoms with van der Waals surface area (Å²) in [6.07, 6.45) is 6.61. The van der Waals surface area contributed by atoms with Crippen molar-refractivity contribution in [2.45, 2.75) is 12.3 Å². The molecule has 3 heterocycles. The third kappa shape index (κ3) is 4.06. The summed E-state index contributed by atoms with van der Waals surface area (Å²) >= 11 is 0. The highest BCUT2D eigenvalue weighted by Gasteiger charge is 2.23. The fourth-order valence-corrected chi connectivity index (χ4v) is 3.48. The lowest BCUT2D eigenvalue weighted by atomic mass is 9.99. The van der Waals surface area contributed by atoms with Gasteiger partial charge in [0.1, 0.15) is 0 Å². The molecule has 0 spiro atoms. The second kappa shape index (κ2) is 8.06. The van der Waals surface area contributed by atoms with Gasteiger partial charge in [-0.2, -0.15) is 0 Å². The Morgan fingerprint density at radius 2 is 1.96 bits per heavy atom. The SMILES string of the molecule is c1ccc([C@@H]2CCN(CCNc3nccc(-c4cccnc4)n3)C2)cc1. The van der Waals surface area contributed by atoms with E-state index in [1.54, 1.807) is 12.4 Å². The summed E-state index contributed by atoms with van der Waals surface area (Å²) < 4.78 is 0. The second-order valence-electron chi connectivity index (χ2n) is 6.63. The van der Waals surface area contributed by atoms with Crippen molar-refractivity contribution in [3.8, 4) is 11.3 Å². The molecule has 0 amide bonds. The average molecular weight is 345 g/mol. The molecule has 0 bridgehead atoms. The summed E-state index contributed by atoms with van der Waals surface area (Å²) in [5.74, 6) is 1.33. The molecule has 2 aromatic heterocycles. The Hall–Kier alpha value is -2.79. The summed E-state index contributed by atoms with van der Waals surface area (Å²) in [5.41, 5.74) is 3.35. The molecule has 0 saturated carbocycles. The number of anilines is 1. The molecule has 4 rings (SSSR count). The molecule has 1 N–H and O–H groups in total. The molecule has 0 aliphatic carbocycles. The molecule has 1 aliphatic rings. The third-order valence-corrected chi connectivity index (χ3v) is 4.87. The van der Waals surface area contributed by atoms with E-state index in [1.165, 1.54) is 12.0 Å². The summed E-state index contributed by atoms with van der Waals surface area (Å²) in [5, 5.41) is 3.35. The van der Waals surface area contributed by atoms with Crippen LogP contribution in [0, 0.1) is 0 Å². The number of hydrogen-bond donors (Lipinski definition) is 1. The largest absolute Gasteiger partial charge is 0.353 e. The Morgan fingerprint density at radius 1 is 1.04 bits per heavy atom. The van der Waals surface area contributed by atoms with Crippen molar-refractivity contribution in [3.63, 3.8) is 0 Å². The molecule has 1 saturated heterocycles. The number of aromatic nitrogens is 3. The maximum atomic E-state index is 4.59. The fourth-order valence-electron chi connectivity index (χ4n) is 3.48. The van der Waals surface area contributed by atoms with Crippen molar-refractivity contribution in [1.29, 1.82) is 0 Å². The number of nitrogens with one attached hydrogen (secondary N) is 1. The fraction of sp³-hybridized carbons (Fsp3) is 0.286. The zero-order chi connectivity index (χ0) is 17.6. The van der Waals surface area contributed by atoms with Gasteiger partial charge in [-0.15, -0.1) is 0 Å². The predicted molar refractivity (Wildman–Crippen MR) is 104 cm³/mol. The first-order valence-corrected chi connectivity index (χ1v) is 9.13. The van der Waals surface area contributed by atoms with Gasteiger partial charge in [0.15, 0.2) is 0 Å². The van der Waals surface area contributed by atoms with Gasteiger partial charge in [-0.25, -0.2) is 9.97 Å². The van der Waals surface area contributed by atoms with E-state index in [0.29, 0.717) is 11.9 Å². The number of hydrogen-bond acceptors (Lipinski definition) is 5. The van der Waals surface area contributed by atoms with Crippen molar-refractivity contribution < 1.29 is 0 Å². The summed E-state index contributed by atoms with van der Waals surface area (Å²) in [4.78, 5) is 15.6. The molecule has 1 aromatic carbocycles. The van der Waals surface area contributed by atoms with Crippen molar-refractivity contribution in [3.05, 3.63) is 72.7 Å². The topological polar surface area (TPSA) is 53.9 Å². The van der Waals surface area contributed by atoms with E-state index < -0.39 is 0 Å². The molecule has 26 heavy (non-hydrogen) atoms. The highest BCUT2D eigenvalue weighted by Crippen LogP contribution is 2.26. The lowest BCUT2D eigenvalue weighted by Gasteiger charge is -2.16.